The van der Waals surface area contributed by atoms with Gasteiger partial charge in [-0.15, -0.1) is 0 Å². The third kappa shape index (κ3) is 3.05. The van der Waals surface area contributed by atoms with Crippen molar-refractivity contribution in [3.05, 3.63) is 47.3 Å². The van der Waals surface area contributed by atoms with E-state index in [1.54, 1.807) is 6.07 Å². The lowest BCUT2D eigenvalue weighted by Gasteiger charge is -2.51. The summed E-state index contributed by atoms with van der Waals surface area (Å²) < 4.78 is 0. The zero-order valence-corrected chi connectivity index (χ0v) is 17.2. The molecule has 2 N–H and O–H groups in total. The SMILES string of the molecule is CC(C)(C)c1cc(CN2C[C@@H](c3cccc(O)c3)[C@@H]3[C@H]2C2CCN3CC2)[nH]n1. The van der Waals surface area contributed by atoms with E-state index >= 15 is 0 Å². The van der Waals surface area contributed by atoms with E-state index in [-0.39, 0.29) is 5.41 Å². The predicted octanol–water partition coefficient (Wildman–Crippen LogP) is 3.48. The van der Waals surface area contributed by atoms with Crippen LogP contribution in [0.4, 0.5) is 0 Å². The number of phenolic OH excluding ortho intramolecular Hbond substituents is 1. The number of nitrogens with one attached hydrogen (secondary N) is 1. The molecular weight excluding hydrogens is 348 g/mol. The molecule has 5 heteroatoms. The summed E-state index contributed by atoms with van der Waals surface area (Å²) in [6.07, 6.45) is 2.64. The van der Waals surface area contributed by atoms with Gasteiger partial charge in [-0.3, -0.25) is 14.9 Å². The highest BCUT2D eigenvalue weighted by atomic mass is 16.3. The van der Waals surface area contributed by atoms with Crippen LogP contribution in [0, 0.1) is 5.92 Å². The van der Waals surface area contributed by atoms with Gasteiger partial charge in [0.2, 0.25) is 0 Å². The molecule has 2 aromatic rings. The number of phenols is 1. The van der Waals surface area contributed by atoms with Crippen molar-refractivity contribution >= 4 is 0 Å². The van der Waals surface area contributed by atoms with Gasteiger partial charge < -0.3 is 5.11 Å². The van der Waals surface area contributed by atoms with Crippen molar-refractivity contribution in [3.8, 4) is 5.75 Å². The predicted molar refractivity (Wildman–Crippen MR) is 110 cm³/mol. The van der Waals surface area contributed by atoms with Gasteiger partial charge in [-0.1, -0.05) is 32.9 Å². The number of H-pyrrole nitrogens is 1. The van der Waals surface area contributed by atoms with E-state index in [1.807, 2.05) is 12.1 Å². The van der Waals surface area contributed by atoms with Crippen molar-refractivity contribution < 1.29 is 5.11 Å². The van der Waals surface area contributed by atoms with E-state index in [2.05, 4.69) is 52.9 Å². The lowest BCUT2D eigenvalue weighted by molar-refractivity contribution is -0.00898. The van der Waals surface area contributed by atoms with Crippen LogP contribution in [0.25, 0.3) is 0 Å². The summed E-state index contributed by atoms with van der Waals surface area (Å²) in [6, 6.07) is 11.4. The Bertz CT molecular complexity index is 846. The normalized spacial score (nSPS) is 32.6. The number of aromatic nitrogens is 2. The summed E-state index contributed by atoms with van der Waals surface area (Å²) >= 11 is 0. The molecule has 0 amide bonds. The maximum Gasteiger partial charge on any atom is 0.115 e. The van der Waals surface area contributed by atoms with Gasteiger partial charge in [0.1, 0.15) is 5.75 Å². The molecule has 2 bridgehead atoms. The second-order valence-corrected chi connectivity index (χ2v) is 10.0. The molecule has 0 spiro atoms. The second-order valence-electron chi connectivity index (χ2n) is 10.0. The van der Waals surface area contributed by atoms with Gasteiger partial charge in [0, 0.05) is 42.2 Å². The van der Waals surface area contributed by atoms with Crippen LogP contribution in [0.5, 0.6) is 5.75 Å². The van der Waals surface area contributed by atoms with Crippen LogP contribution in [-0.4, -0.2) is 56.8 Å². The van der Waals surface area contributed by atoms with Crippen molar-refractivity contribution in [3.63, 3.8) is 0 Å². The van der Waals surface area contributed by atoms with Gasteiger partial charge in [0.15, 0.2) is 0 Å². The number of nitrogens with zero attached hydrogens (tertiary/aromatic N) is 3. The van der Waals surface area contributed by atoms with E-state index in [0.717, 1.165) is 24.7 Å². The van der Waals surface area contributed by atoms with Gasteiger partial charge in [0.05, 0.1) is 5.69 Å². The topological polar surface area (TPSA) is 55.4 Å². The van der Waals surface area contributed by atoms with E-state index < -0.39 is 0 Å². The van der Waals surface area contributed by atoms with E-state index in [4.69, 9.17) is 0 Å². The minimum absolute atomic E-state index is 0.0714. The fourth-order valence-electron chi connectivity index (χ4n) is 5.82. The van der Waals surface area contributed by atoms with E-state index in [9.17, 15) is 5.11 Å². The number of likely N-dealkylation sites (tertiary alicyclic amines) is 1. The first kappa shape index (κ1) is 18.2. The Morgan fingerprint density at radius 3 is 2.61 bits per heavy atom. The first-order valence-electron chi connectivity index (χ1n) is 10.7. The summed E-state index contributed by atoms with van der Waals surface area (Å²) in [5.41, 5.74) is 3.71. The van der Waals surface area contributed by atoms with Crippen LogP contribution >= 0.6 is 0 Å². The van der Waals surface area contributed by atoms with Crippen LogP contribution in [-0.2, 0) is 12.0 Å². The maximum absolute atomic E-state index is 10.0. The number of aromatic amines is 1. The molecule has 1 aromatic heterocycles. The Labute approximate surface area is 167 Å². The zero-order chi connectivity index (χ0) is 19.5. The summed E-state index contributed by atoms with van der Waals surface area (Å²) in [4.78, 5) is 5.41. The van der Waals surface area contributed by atoms with Crippen molar-refractivity contribution in [2.75, 3.05) is 19.6 Å². The smallest absolute Gasteiger partial charge is 0.115 e. The molecule has 0 radical (unpaired) electrons. The van der Waals surface area contributed by atoms with Crippen LogP contribution < -0.4 is 0 Å². The van der Waals surface area contributed by atoms with E-state index in [1.165, 1.54) is 37.2 Å². The van der Waals surface area contributed by atoms with Gasteiger partial charge in [-0.2, -0.15) is 5.10 Å². The Morgan fingerprint density at radius 2 is 1.93 bits per heavy atom. The molecule has 1 aromatic carbocycles. The molecule has 4 saturated heterocycles. The first-order valence-corrected chi connectivity index (χ1v) is 10.7. The highest BCUT2D eigenvalue weighted by Crippen LogP contribution is 2.47. The fraction of sp³-hybridized carbons (Fsp3) is 0.609. The Balaban J connectivity index is 1.44. The molecule has 4 fully saturated rings. The number of aromatic hydroxyl groups is 1. The van der Waals surface area contributed by atoms with Crippen molar-refractivity contribution in [1.29, 1.82) is 0 Å². The minimum Gasteiger partial charge on any atom is -0.508 e. The standard InChI is InChI=1S/C23H32N4O/c1-23(2,3)20-12-17(24-25-20)13-27-14-19(16-5-4-6-18(28)11-16)22-21(27)15-7-9-26(22)10-8-15/h4-6,11-12,15,19,21-22,28H,7-10,13-14H2,1-3H3,(H,24,25)/t19-,21+,22+/m0/s1. The van der Waals surface area contributed by atoms with Crippen LogP contribution in [0.3, 0.4) is 0 Å². The molecular formula is C23H32N4O. The largest absolute Gasteiger partial charge is 0.508 e. The molecule has 0 aliphatic carbocycles. The number of rotatable bonds is 3. The molecule has 4 aliphatic rings. The summed E-state index contributed by atoms with van der Waals surface area (Å²) in [5.74, 6) is 1.64. The van der Waals surface area contributed by atoms with E-state index in [0.29, 0.717) is 23.8 Å². The number of hydrogen-bond acceptors (Lipinski definition) is 4. The summed E-state index contributed by atoms with van der Waals surface area (Å²) in [5, 5.41) is 17.9. The highest BCUT2D eigenvalue weighted by molar-refractivity contribution is 5.33. The fourth-order valence-corrected chi connectivity index (χ4v) is 5.82. The first-order chi connectivity index (χ1) is 13.4. The Morgan fingerprint density at radius 1 is 1.14 bits per heavy atom. The lowest BCUT2D eigenvalue weighted by atomic mass is 9.75. The van der Waals surface area contributed by atoms with Gasteiger partial charge in [-0.05, 0) is 55.6 Å². The maximum atomic E-state index is 10.0. The molecule has 0 unspecified atom stereocenters. The molecule has 0 saturated carbocycles. The minimum atomic E-state index is 0.0714. The number of hydrogen-bond donors (Lipinski definition) is 2. The van der Waals surface area contributed by atoms with Crippen molar-refractivity contribution in [1.82, 2.24) is 20.0 Å². The van der Waals surface area contributed by atoms with Crippen LogP contribution in [0.2, 0.25) is 0 Å². The molecule has 5 nitrogen and oxygen atoms in total. The number of benzene rings is 1. The Kier molecular flexibility index (Phi) is 4.29. The third-order valence-electron chi connectivity index (χ3n) is 7.16. The molecule has 5 heterocycles. The van der Waals surface area contributed by atoms with Gasteiger partial charge >= 0.3 is 0 Å². The average molecular weight is 381 g/mol. The summed E-state index contributed by atoms with van der Waals surface area (Å²) in [7, 11) is 0. The van der Waals surface area contributed by atoms with Crippen LogP contribution in [0.15, 0.2) is 30.3 Å². The summed E-state index contributed by atoms with van der Waals surface area (Å²) in [6.45, 7) is 11.1. The zero-order valence-electron chi connectivity index (χ0n) is 17.2. The number of fused-ring (bicyclic) bond motifs is 2. The molecule has 150 valence electrons. The quantitative estimate of drug-likeness (QED) is 0.856. The molecule has 28 heavy (non-hydrogen) atoms. The van der Waals surface area contributed by atoms with Crippen LogP contribution in [0.1, 0.15) is 56.5 Å². The Hall–Kier alpha value is -1.85. The number of piperidine rings is 3. The monoisotopic (exact) mass is 380 g/mol. The molecule has 4 aliphatic heterocycles. The van der Waals surface area contributed by atoms with Gasteiger partial charge in [-0.25, -0.2) is 0 Å². The van der Waals surface area contributed by atoms with Gasteiger partial charge in [0.25, 0.3) is 0 Å². The van der Waals surface area contributed by atoms with Crippen molar-refractivity contribution in [2.45, 2.75) is 63.6 Å². The molecule has 6 rings (SSSR count). The second kappa shape index (κ2) is 6.60. The average Bonchev–Trinajstić information content (AvgIpc) is 3.29. The highest BCUT2D eigenvalue weighted by Gasteiger charge is 2.53. The van der Waals surface area contributed by atoms with Crippen molar-refractivity contribution in [2.24, 2.45) is 5.92 Å². The third-order valence-corrected chi connectivity index (χ3v) is 7.16. The lowest BCUT2D eigenvalue weighted by Crippen LogP contribution is -2.60. The molecule has 3 atom stereocenters.